The van der Waals surface area contributed by atoms with Gasteiger partial charge >= 0.3 is 0 Å². The van der Waals surface area contributed by atoms with Crippen LogP contribution in [-0.4, -0.2) is 38.6 Å². The minimum Gasteiger partial charge on any atom is -0.481 e. The third kappa shape index (κ3) is 3.16. The van der Waals surface area contributed by atoms with Gasteiger partial charge < -0.3 is 9.64 Å². The van der Waals surface area contributed by atoms with Crippen molar-refractivity contribution >= 4 is 27.5 Å². The number of carbonyl (C=O) groups is 1. The Morgan fingerprint density at radius 1 is 1.31 bits per heavy atom. The summed E-state index contributed by atoms with van der Waals surface area (Å²) in [5, 5.41) is 8.43. The molecule has 8 heteroatoms. The quantitative estimate of drug-likeness (QED) is 0.651. The van der Waals surface area contributed by atoms with Crippen molar-refractivity contribution in [2.45, 2.75) is 18.9 Å². The van der Waals surface area contributed by atoms with Gasteiger partial charge in [0, 0.05) is 17.2 Å². The molecular weight excluding hydrogens is 403 g/mol. The topological polar surface area (TPSA) is 59.7 Å². The van der Waals surface area contributed by atoms with Gasteiger partial charge in [-0.15, -0.1) is 10.2 Å². The number of fused-ring (bicyclic) bond motifs is 1. The lowest BCUT2D eigenvalue weighted by Crippen LogP contribution is -2.35. The van der Waals surface area contributed by atoms with Gasteiger partial charge in [0.25, 0.3) is 5.91 Å². The Kier molecular flexibility index (Phi) is 4.58. The van der Waals surface area contributed by atoms with E-state index in [4.69, 9.17) is 4.74 Å². The molecule has 1 atom stereocenters. The minimum atomic E-state index is -0.506. The van der Waals surface area contributed by atoms with E-state index in [1.807, 2.05) is 28.8 Å². The van der Waals surface area contributed by atoms with Gasteiger partial charge in [-0.2, -0.15) is 0 Å². The van der Waals surface area contributed by atoms with Crippen LogP contribution in [0.5, 0.6) is 5.75 Å². The molecule has 4 rings (SSSR count). The zero-order valence-corrected chi connectivity index (χ0v) is 15.4. The van der Waals surface area contributed by atoms with Crippen LogP contribution < -0.4 is 4.74 Å². The summed E-state index contributed by atoms with van der Waals surface area (Å²) in [4.78, 5) is 14.4. The van der Waals surface area contributed by atoms with E-state index in [1.165, 1.54) is 12.1 Å². The Morgan fingerprint density at radius 3 is 3.04 bits per heavy atom. The van der Waals surface area contributed by atoms with Gasteiger partial charge in [0.2, 0.25) is 0 Å². The van der Waals surface area contributed by atoms with Crippen LogP contribution in [0.3, 0.4) is 0 Å². The molecule has 1 aliphatic heterocycles. The Balaban J connectivity index is 1.50. The zero-order chi connectivity index (χ0) is 18.1. The standard InChI is InChI=1S/C18H16BrFN4O2/c19-12-6-7-15(13(20)10-12)26-11-17(25)23-9-3-4-14(23)18-22-21-16-5-1-2-8-24(16)18/h1-2,5-8,10,14H,3-4,9,11H2. The molecule has 0 saturated carbocycles. The number of hydrogen-bond donors (Lipinski definition) is 0. The Hall–Kier alpha value is -2.48. The fourth-order valence-corrected chi connectivity index (χ4v) is 3.57. The molecule has 1 aromatic carbocycles. The Morgan fingerprint density at radius 2 is 2.19 bits per heavy atom. The Labute approximate surface area is 157 Å². The lowest BCUT2D eigenvalue weighted by atomic mass is 10.2. The molecule has 1 aliphatic rings. The van der Waals surface area contributed by atoms with Crippen molar-refractivity contribution in [1.82, 2.24) is 19.5 Å². The van der Waals surface area contributed by atoms with Crippen LogP contribution in [-0.2, 0) is 4.79 Å². The molecule has 2 aromatic heterocycles. The van der Waals surface area contributed by atoms with Crippen molar-refractivity contribution in [1.29, 1.82) is 0 Å². The van der Waals surface area contributed by atoms with Crippen molar-refractivity contribution in [2.75, 3.05) is 13.2 Å². The first kappa shape index (κ1) is 17.0. The molecule has 0 spiro atoms. The second-order valence-electron chi connectivity index (χ2n) is 6.10. The third-order valence-electron chi connectivity index (χ3n) is 4.46. The lowest BCUT2D eigenvalue weighted by molar-refractivity contribution is -0.134. The monoisotopic (exact) mass is 418 g/mol. The van der Waals surface area contributed by atoms with E-state index in [0.29, 0.717) is 11.0 Å². The van der Waals surface area contributed by atoms with Gasteiger partial charge in [-0.25, -0.2) is 4.39 Å². The predicted molar refractivity (Wildman–Crippen MR) is 96.3 cm³/mol. The highest BCUT2D eigenvalue weighted by molar-refractivity contribution is 9.10. The molecule has 1 fully saturated rings. The number of pyridine rings is 1. The number of rotatable bonds is 4. The third-order valence-corrected chi connectivity index (χ3v) is 4.95. The number of aromatic nitrogens is 3. The fourth-order valence-electron chi connectivity index (χ4n) is 3.24. The molecule has 134 valence electrons. The van der Waals surface area contributed by atoms with E-state index >= 15 is 0 Å². The number of benzene rings is 1. The van der Waals surface area contributed by atoms with E-state index in [2.05, 4.69) is 26.1 Å². The maximum atomic E-state index is 13.9. The van der Waals surface area contributed by atoms with Gasteiger partial charge in [0.1, 0.15) is 0 Å². The van der Waals surface area contributed by atoms with Crippen molar-refractivity contribution < 1.29 is 13.9 Å². The van der Waals surface area contributed by atoms with Gasteiger partial charge in [-0.1, -0.05) is 22.0 Å². The summed E-state index contributed by atoms with van der Waals surface area (Å²) in [5.74, 6) is 0.0996. The SMILES string of the molecule is O=C(COc1ccc(Br)cc1F)N1CCCC1c1nnc2ccccn12. The van der Waals surface area contributed by atoms with Crippen LogP contribution in [0, 0.1) is 5.82 Å². The number of ether oxygens (including phenoxy) is 1. The van der Waals surface area contributed by atoms with Crippen LogP contribution in [0.2, 0.25) is 0 Å². The molecule has 6 nitrogen and oxygen atoms in total. The van der Waals surface area contributed by atoms with E-state index in [-0.39, 0.29) is 24.3 Å². The second-order valence-corrected chi connectivity index (χ2v) is 7.01. The summed E-state index contributed by atoms with van der Waals surface area (Å²) in [6, 6.07) is 9.99. The van der Waals surface area contributed by atoms with E-state index in [1.54, 1.807) is 11.0 Å². The largest absolute Gasteiger partial charge is 0.481 e. The first-order valence-corrected chi connectivity index (χ1v) is 9.10. The van der Waals surface area contributed by atoms with Gasteiger partial charge in [-0.3, -0.25) is 9.20 Å². The Bertz CT molecular complexity index is 961. The zero-order valence-electron chi connectivity index (χ0n) is 13.8. The average molecular weight is 419 g/mol. The summed E-state index contributed by atoms with van der Waals surface area (Å²) in [7, 11) is 0. The van der Waals surface area contributed by atoms with Gasteiger partial charge in [0.05, 0.1) is 6.04 Å². The number of carbonyl (C=O) groups excluding carboxylic acids is 1. The molecule has 0 radical (unpaired) electrons. The molecule has 0 N–H and O–H groups in total. The maximum absolute atomic E-state index is 13.9. The summed E-state index contributed by atoms with van der Waals surface area (Å²) in [6.45, 7) is 0.406. The van der Waals surface area contributed by atoms with Crippen LogP contribution in [0.15, 0.2) is 47.1 Å². The smallest absolute Gasteiger partial charge is 0.261 e. The molecule has 1 unspecified atom stereocenters. The molecule has 1 amide bonds. The molecule has 0 bridgehead atoms. The van der Waals surface area contributed by atoms with E-state index in [9.17, 15) is 9.18 Å². The average Bonchev–Trinajstić information content (AvgIpc) is 3.27. The first-order chi connectivity index (χ1) is 12.6. The molecule has 26 heavy (non-hydrogen) atoms. The first-order valence-electron chi connectivity index (χ1n) is 8.30. The molecule has 0 aliphatic carbocycles. The number of likely N-dealkylation sites (tertiary alicyclic amines) is 1. The van der Waals surface area contributed by atoms with Crippen molar-refractivity contribution in [3.63, 3.8) is 0 Å². The van der Waals surface area contributed by atoms with Gasteiger partial charge in [0.15, 0.2) is 29.6 Å². The van der Waals surface area contributed by atoms with Crippen molar-refractivity contribution in [3.05, 3.63) is 58.7 Å². The molecule has 3 heterocycles. The van der Waals surface area contributed by atoms with Crippen LogP contribution in [0.25, 0.3) is 5.65 Å². The highest BCUT2D eigenvalue weighted by Crippen LogP contribution is 2.31. The van der Waals surface area contributed by atoms with Gasteiger partial charge in [-0.05, 0) is 43.2 Å². The number of amides is 1. The minimum absolute atomic E-state index is 0.0604. The normalized spacial score (nSPS) is 17.0. The highest BCUT2D eigenvalue weighted by atomic mass is 79.9. The molecule has 3 aromatic rings. The van der Waals surface area contributed by atoms with E-state index in [0.717, 1.165) is 24.3 Å². The fraction of sp³-hybridized carbons (Fsp3) is 0.278. The predicted octanol–water partition coefficient (Wildman–Crippen LogP) is 3.37. The lowest BCUT2D eigenvalue weighted by Gasteiger charge is -2.23. The van der Waals surface area contributed by atoms with E-state index < -0.39 is 5.82 Å². The summed E-state index contributed by atoms with van der Waals surface area (Å²) in [6.07, 6.45) is 3.58. The van der Waals surface area contributed by atoms with Crippen LogP contribution >= 0.6 is 15.9 Å². The highest BCUT2D eigenvalue weighted by Gasteiger charge is 2.33. The summed E-state index contributed by atoms with van der Waals surface area (Å²) in [5.41, 5.74) is 0.745. The van der Waals surface area contributed by atoms with Crippen LogP contribution in [0.1, 0.15) is 24.7 Å². The number of halogens is 2. The summed E-state index contributed by atoms with van der Waals surface area (Å²) < 4.78 is 21.8. The summed E-state index contributed by atoms with van der Waals surface area (Å²) >= 11 is 3.19. The van der Waals surface area contributed by atoms with Crippen molar-refractivity contribution in [3.8, 4) is 5.75 Å². The maximum Gasteiger partial charge on any atom is 0.261 e. The number of hydrogen-bond acceptors (Lipinski definition) is 4. The molecule has 1 saturated heterocycles. The van der Waals surface area contributed by atoms with Crippen molar-refractivity contribution in [2.24, 2.45) is 0 Å². The second kappa shape index (κ2) is 7.03. The molecular formula is C18H16BrFN4O2. The van der Waals surface area contributed by atoms with Crippen LogP contribution in [0.4, 0.5) is 4.39 Å². The number of nitrogens with zero attached hydrogens (tertiary/aromatic N) is 4.